The zero-order valence-electron chi connectivity index (χ0n) is 12.9. The van der Waals surface area contributed by atoms with Crippen LogP contribution in [0.3, 0.4) is 0 Å². The molecule has 1 saturated carbocycles. The lowest BCUT2D eigenvalue weighted by atomic mass is 9.73. The third-order valence-corrected chi connectivity index (χ3v) is 4.88. The number of aryl methyl sites for hydroxylation is 1. The number of nitro benzene ring substituents is 1. The highest BCUT2D eigenvalue weighted by Gasteiger charge is 2.30. The molecule has 1 aromatic carbocycles. The molecule has 21 heavy (non-hydrogen) atoms. The highest BCUT2D eigenvalue weighted by molar-refractivity contribution is 5.32. The van der Waals surface area contributed by atoms with Crippen molar-refractivity contribution in [1.82, 2.24) is 0 Å². The van der Waals surface area contributed by atoms with E-state index in [-0.39, 0.29) is 16.7 Å². The van der Waals surface area contributed by atoms with Gasteiger partial charge in [0.05, 0.1) is 11.0 Å². The molecule has 116 valence electrons. The summed E-state index contributed by atoms with van der Waals surface area (Å²) in [6.45, 7) is 4.52. The lowest BCUT2D eigenvalue weighted by molar-refractivity contribution is -0.384. The van der Waals surface area contributed by atoms with Crippen LogP contribution in [0.25, 0.3) is 0 Å². The van der Waals surface area contributed by atoms with Gasteiger partial charge in [-0.15, -0.1) is 0 Å². The third kappa shape index (κ3) is 4.27. The minimum absolute atomic E-state index is 0.135. The van der Waals surface area contributed by atoms with Crippen LogP contribution < -0.4 is 0 Å². The van der Waals surface area contributed by atoms with Crippen LogP contribution in [0.4, 0.5) is 5.69 Å². The summed E-state index contributed by atoms with van der Waals surface area (Å²) in [5.41, 5.74) is 1.25. The molecule has 1 aliphatic carbocycles. The molecule has 0 heterocycles. The number of nitro groups is 1. The van der Waals surface area contributed by atoms with Gasteiger partial charge < -0.3 is 5.11 Å². The topological polar surface area (TPSA) is 63.4 Å². The van der Waals surface area contributed by atoms with Crippen molar-refractivity contribution in [2.75, 3.05) is 0 Å². The Balaban J connectivity index is 1.90. The Bertz CT molecular complexity index is 469. The highest BCUT2D eigenvalue weighted by Crippen LogP contribution is 2.36. The lowest BCUT2D eigenvalue weighted by Crippen LogP contribution is -2.31. The second-order valence-electron chi connectivity index (χ2n) is 6.61. The van der Waals surface area contributed by atoms with Crippen molar-refractivity contribution in [2.24, 2.45) is 17.8 Å². The minimum Gasteiger partial charge on any atom is -0.393 e. The molecule has 0 amide bonds. The number of nitrogens with zero attached hydrogens (tertiary/aromatic N) is 1. The van der Waals surface area contributed by atoms with E-state index in [4.69, 9.17) is 0 Å². The Kier molecular flexibility index (Phi) is 5.34. The number of hydrogen-bond donors (Lipinski definition) is 1. The number of aliphatic hydroxyl groups is 1. The number of aliphatic hydroxyl groups excluding tert-OH is 1. The van der Waals surface area contributed by atoms with Crippen LogP contribution in [-0.4, -0.2) is 16.1 Å². The van der Waals surface area contributed by atoms with Gasteiger partial charge in [-0.05, 0) is 55.4 Å². The van der Waals surface area contributed by atoms with E-state index in [2.05, 4.69) is 13.8 Å². The Morgan fingerprint density at radius 3 is 2.52 bits per heavy atom. The van der Waals surface area contributed by atoms with E-state index in [0.717, 1.165) is 43.6 Å². The van der Waals surface area contributed by atoms with Crippen LogP contribution in [-0.2, 0) is 6.42 Å². The van der Waals surface area contributed by atoms with Gasteiger partial charge in [0.2, 0.25) is 0 Å². The van der Waals surface area contributed by atoms with Crippen LogP contribution >= 0.6 is 0 Å². The van der Waals surface area contributed by atoms with Gasteiger partial charge in [-0.25, -0.2) is 0 Å². The Labute approximate surface area is 126 Å². The van der Waals surface area contributed by atoms with Gasteiger partial charge in [0.25, 0.3) is 5.69 Å². The first-order valence-electron chi connectivity index (χ1n) is 7.88. The molecule has 1 aliphatic rings. The molecule has 0 aliphatic heterocycles. The standard InChI is InChI=1S/C17H25NO3/c1-12(2)14-7-10-17(19)15(11-14)6-3-13-4-8-16(9-5-13)18(20)21/h4-5,8-9,12,14-15,17,19H,3,6-7,10-11H2,1-2H3. The van der Waals surface area contributed by atoms with Gasteiger partial charge in [0.15, 0.2) is 0 Å². The predicted octanol–water partition coefficient (Wildman–Crippen LogP) is 3.96. The van der Waals surface area contributed by atoms with E-state index >= 15 is 0 Å². The summed E-state index contributed by atoms with van der Waals surface area (Å²) in [4.78, 5) is 10.3. The number of hydrogen-bond acceptors (Lipinski definition) is 3. The molecule has 1 N–H and O–H groups in total. The monoisotopic (exact) mass is 291 g/mol. The molecule has 3 atom stereocenters. The highest BCUT2D eigenvalue weighted by atomic mass is 16.6. The molecular formula is C17H25NO3. The van der Waals surface area contributed by atoms with E-state index in [1.807, 2.05) is 12.1 Å². The van der Waals surface area contributed by atoms with E-state index < -0.39 is 0 Å². The maximum atomic E-state index is 10.6. The van der Waals surface area contributed by atoms with E-state index in [9.17, 15) is 15.2 Å². The first-order valence-corrected chi connectivity index (χ1v) is 7.88. The smallest absolute Gasteiger partial charge is 0.269 e. The molecular weight excluding hydrogens is 266 g/mol. The number of rotatable bonds is 5. The average molecular weight is 291 g/mol. The Morgan fingerprint density at radius 2 is 1.95 bits per heavy atom. The van der Waals surface area contributed by atoms with Crippen molar-refractivity contribution in [2.45, 2.75) is 52.1 Å². The van der Waals surface area contributed by atoms with Crippen molar-refractivity contribution in [1.29, 1.82) is 0 Å². The average Bonchev–Trinajstić information content (AvgIpc) is 2.46. The zero-order chi connectivity index (χ0) is 15.4. The molecule has 0 aromatic heterocycles. The number of benzene rings is 1. The lowest BCUT2D eigenvalue weighted by Gasteiger charge is -2.35. The van der Waals surface area contributed by atoms with E-state index in [1.54, 1.807) is 12.1 Å². The van der Waals surface area contributed by atoms with Gasteiger partial charge in [-0.3, -0.25) is 10.1 Å². The minimum atomic E-state index is -0.373. The second-order valence-corrected chi connectivity index (χ2v) is 6.61. The summed E-state index contributed by atoms with van der Waals surface area (Å²) in [6.07, 6.45) is 4.80. The maximum Gasteiger partial charge on any atom is 0.269 e. The number of non-ortho nitro benzene ring substituents is 1. The first kappa shape index (κ1) is 16.0. The van der Waals surface area contributed by atoms with Crippen molar-refractivity contribution < 1.29 is 10.0 Å². The molecule has 1 aromatic rings. The maximum absolute atomic E-state index is 10.6. The normalized spacial score (nSPS) is 26.0. The molecule has 4 heteroatoms. The first-order chi connectivity index (χ1) is 9.97. The molecule has 0 radical (unpaired) electrons. The molecule has 2 rings (SSSR count). The van der Waals surface area contributed by atoms with Crippen LogP contribution in [0.5, 0.6) is 0 Å². The largest absolute Gasteiger partial charge is 0.393 e. The van der Waals surface area contributed by atoms with Crippen molar-refractivity contribution in [3.8, 4) is 0 Å². The van der Waals surface area contributed by atoms with Crippen molar-refractivity contribution in [3.05, 3.63) is 39.9 Å². The fourth-order valence-corrected chi connectivity index (χ4v) is 3.34. The summed E-state index contributed by atoms with van der Waals surface area (Å²) < 4.78 is 0. The summed E-state index contributed by atoms with van der Waals surface area (Å²) in [6, 6.07) is 6.77. The van der Waals surface area contributed by atoms with Gasteiger partial charge in [0, 0.05) is 12.1 Å². The Hall–Kier alpha value is -1.42. The van der Waals surface area contributed by atoms with Crippen molar-refractivity contribution >= 4 is 5.69 Å². The zero-order valence-corrected chi connectivity index (χ0v) is 12.9. The van der Waals surface area contributed by atoms with Crippen LogP contribution in [0, 0.1) is 27.9 Å². The van der Waals surface area contributed by atoms with Gasteiger partial charge in [-0.2, -0.15) is 0 Å². The summed E-state index contributed by atoms with van der Waals surface area (Å²) in [5.74, 6) is 1.76. The molecule has 0 bridgehead atoms. The third-order valence-electron chi connectivity index (χ3n) is 4.88. The molecule has 4 nitrogen and oxygen atoms in total. The summed E-state index contributed by atoms with van der Waals surface area (Å²) in [5, 5.41) is 20.8. The fourth-order valence-electron chi connectivity index (χ4n) is 3.34. The van der Waals surface area contributed by atoms with Gasteiger partial charge in [-0.1, -0.05) is 26.0 Å². The van der Waals surface area contributed by atoms with Gasteiger partial charge in [0.1, 0.15) is 0 Å². The molecule has 3 unspecified atom stereocenters. The summed E-state index contributed by atoms with van der Waals surface area (Å²) >= 11 is 0. The molecule has 0 spiro atoms. The summed E-state index contributed by atoms with van der Waals surface area (Å²) in [7, 11) is 0. The molecule has 1 fully saturated rings. The SMILES string of the molecule is CC(C)C1CCC(O)C(CCc2ccc([N+](=O)[O-])cc2)C1. The van der Waals surface area contributed by atoms with E-state index in [0.29, 0.717) is 11.8 Å². The van der Waals surface area contributed by atoms with Crippen LogP contribution in [0.15, 0.2) is 24.3 Å². The Morgan fingerprint density at radius 1 is 1.29 bits per heavy atom. The quantitative estimate of drug-likeness (QED) is 0.659. The van der Waals surface area contributed by atoms with Crippen molar-refractivity contribution in [3.63, 3.8) is 0 Å². The van der Waals surface area contributed by atoms with E-state index in [1.165, 1.54) is 0 Å². The van der Waals surface area contributed by atoms with Crippen LogP contribution in [0.1, 0.15) is 45.1 Å². The van der Waals surface area contributed by atoms with Crippen LogP contribution in [0.2, 0.25) is 0 Å². The molecule has 0 saturated heterocycles. The second kappa shape index (κ2) is 7.03. The fraction of sp³-hybridized carbons (Fsp3) is 0.647. The van der Waals surface area contributed by atoms with Gasteiger partial charge >= 0.3 is 0 Å². The predicted molar refractivity (Wildman–Crippen MR) is 83.1 cm³/mol.